The molecule has 0 saturated carbocycles. The van der Waals surface area contributed by atoms with Crippen molar-refractivity contribution in [1.29, 1.82) is 0 Å². The van der Waals surface area contributed by atoms with Crippen LogP contribution in [0.4, 0.5) is 0 Å². The van der Waals surface area contributed by atoms with E-state index in [9.17, 15) is 9.59 Å². The monoisotopic (exact) mass is 278 g/mol. The highest BCUT2D eigenvalue weighted by atomic mass is 16.5. The number of likely N-dealkylation sites (N-methyl/N-ethyl adjacent to an activating group) is 1. The van der Waals surface area contributed by atoms with Crippen molar-refractivity contribution in [3.05, 3.63) is 35.4 Å². The predicted octanol–water partition coefficient (Wildman–Crippen LogP) is 1.54. The molecule has 0 aliphatic rings. The van der Waals surface area contributed by atoms with E-state index in [-0.39, 0.29) is 5.91 Å². The Hall–Kier alpha value is -1.88. The third-order valence-electron chi connectivity index (χ3n) is 3.18. The van der Waals surface area contributed by atoms with Crippen molar-refractivity contribution in [2.45, 2.75) is 13.8 Å². The van der Waals surface area contributed by atoms with E-state index in [1.807, 2.05) is 0 Å². The standard InChI is InChI=1S/C15H22N2O3/c1-4-17(5-2)11-10-16-14(18)12-6-8-13(9-7-12)15(19)20-3/h6-9H,4-5,10-11H2,1-3H3,(H,16,18). The third-order valence-corrected chi connectivity index (χ3v) is 3.18. The van der Waals surface area contributed by atoms with Crippen LogP contribution >= 0.6 is 0 Å². The van der Waals surface area contributed by atoms with Gasteiger partial charge in [0.15, 0.2) is 0 Å². The third kappa shape index (κ3) is 4.66. The number of amides is 1. The zero-order chi connectivity index (χ0) is 15.0. The Labute approximate surface area is 119 Å². The summed E-state index contributed by atoms with van der Waals surface area (Å²) < 4.78 is 4.61. The normalized spacial score (nSPS) is 10.4. The average Bonchev–Trinajstić information content (AvgIpc) is 2.50. The Morgan fingerprint density at radius 2 is 1.65 bits per heavy atom. The molecule has 0 atom stereocenters. The van der Waals surface area contributed by atoms with Crippen LogP contribution in [0.5, 0.6) is 0 Å². The number of hydrogen-bond donors (Lipinski definition) is 1. The maximum absolute atomic E-state index is 11.9. The van der Waals surface area contributed by atoms with E-state index in [1.54, 1.807) is 24.3 Å². The molecule has 0 aliphatic heterocycles. The van der Waals surface area contributed by atoms with Crippen LogP contribution in [0.2, 0.25) is 0 Å². The fourth-order valence-electron chi connectivity index (χ4n) is 1.84. The summed E-state index contributed by atoms with van der Waals surface area (Å²) in [6, 6.07) is 6.42. The van der Waals surface area contributed by atoms with Gasteiger partial charge in [-0.2, -0.15) is 0 Å². The van der Waals surface area contributed by atoms with Crippen molar-refractivity contribution in [3.63, 3.8) is 0 Å². The summed E-state index contributed by atoms with van der Waals surface area (Å²) in [5.74, 6) is -0.535. The smallest absolute Gasteiger partial charge is 0.337 e. The molecular weight excluding hydrogens is 256 g/mol. The summed E-state index contributed by atoms with van der Waals surface area (Å²) in [4.78, 5) is 25.4. The van der Waals surface area contributed by atoms with Crippen LogP contribution in [0.3, 0.4) is 0 Å². The second-order valence-electron chi connectivity index (χ2n) is 4.35. The lowest BCUT2D eigenvalue weighted by Crippen LogP contribution is -2.34. The highest BCUT2D eigenvalue weighted by Gasteiger charge is 2.08. The van der Waals surface area contributed by atoms with Gasteiger partial charge in [-0.05, 0) is 37.4 Å². The number of hydrogen-bond acceptors (Lipinski definition) is 4. The molecule has 20 heavy (non-hydrogen) atoms. The first-order chi connectivity index (χ1) is 9.62. The first-order valence-electron chi connectivity index (χ1n) is 6.81. The van der Waals surface area contributed by atoms with Gasteiger partial charge in [0.25, 0.3) is 5.91 Å². The maximum atomic E-state index is 11.9. The number of carbonyl (C=O) groups is 2. The minimum atomic E-state index is -0.404. The van der Waals surface area contributed by atoms with Gasteiger partial charge in [0.2, 0.25) is 0 Å². The van der Waals surface area contributed by atoms with Crippen molar-refractivity contribution in [2.75, 3.05) is 33.3 Å². The van der Waals surface area contributed by atoms with Gasteiger partial charge in [0.05, 0.1) is 12.7 Å². The Balaban J connectivity index is 2.49. The lowest BCUT2D eigenvalue weighted by atomic mass is 10.1. The van der Waals surface area contributed by atoms with Crippen molar-refractivity contribution >= 4 is 11.9 Å². The van der Waals surface area contributed by atoms with Crippen LogP contribution in [0.25, 0.3) is 0 Å². The quantitative estimate of drug-likeness (QED) is 0.769. The zero-order valence-corrected chi connectivity index (χ0v) is 12.3. The van der Waals surface area contributed by atoms with Crippen molar-refractivity contribution in [1.82, 2.24) is 10.2 Å². The van der Waals surface area contributed by atoms with Gasteiger partial charge in [-0.3, -0.25) is 4.79 Å². The second kappa shape index (κ2) is 8.32. The topological polar surface area (TPSA) is 58.6 Å². The molecule has 1 aromatic carbocycles. The molecule has 0 aromatic heterocycles. The highest BCUT2D eigenvalue weighted by Crippen LogP contribution is 2.05. The fraction of sp³-hybridized carbons (Fsp3) is 0.467. The molecule has 0 saturated heterocycles. The summed E-state index contributed by atoms with van der Waals surface area (Å²) in [5, 5.41) is 2.86. The Morgan fingerprint density at radius 3 is 2.15 bits per heavy atom. The molecule has 0 heterocycles. The molecule has 1 aromatic rings. The number of rotatable bonds is 7. The number of nitrogens with one attached hydrogen (secondary N) is 1. The van der Waals surface area contributed by atoms with Crippen LogP contribution in [-0.2, 0) is 4.74 Å². The van der Waals surface area contributed by atoms with E-state index in [0.29, 0.717) is 17.7 Å². The van der Waals surface area contributed by atoms with Gasteiger partial charge >= 0.3 is 5.97 Å². The molecule has 0 bridgehead atoms. The van der Waals surface area contributed by atoms with Crippen LogP contribution in [-0.4, -0.2) is 50.1 Å². The molecule has 110 valence electrons. The molecule has 0 aliphatic carbocycles. The number of methoxy groups -OCH3 is 1. The first-order valence-corrected chi connectivity index (χ1v) is 6.81. The summed E-state index contributed by atoms with van der Waals surface area (Å²) in [6.07, 6.45) is 0. The molecular formula is C15H22N2O3. The largest absolute Gasteiger partial charge is 0.465 e. The maximum Gasteiger partial charge on any atom is 0.337 e. The van der Waals surface area contributed by atoms with Gasteiger partial charge in [0, 0.05) is 18.7 Å². The number of esters is 1. The molecule has 0 radical (unpaired) electrons. The van der Waals surface area contributed by atoms with E-state index >= 15 is 0 Å². The molecule has 5 heteroatoms. The molecule has 1 N–H and O–H groups in total. The lowest BCUT2D eigenvalue weighted by Gasteiger charge is -2.17. The summed E-state index contributed by atoms with van der Waals surface area (Å²) in [5.41, 5.74) is 0.976. The highest BCUT2D eigenvalue weighted by molar-refractivity contribution is 5.96. The minimum absolute atomic E-state index is 0.131. The average molecular weight is 278 g/mol. The Morgan fingerprint density at radius 1 is 1.10 bits per heavy atom. The van der Waals surface area contributed by atoms with Gasteiger partial charge in [-0.1, -0.05) is 13.8 Å². The molecule has 1 rings (SSSR count). The Kier molecular flexibility index (Phi) is 6.73. The van der Waals surface area contributed by atoms with Gasteiger partial charge < -0.3 is 15.0 Å². The summed E-state index contributed by atoms with van der Waals surface area (Å²) in [7, 11) is 1.33. The number of ether oxygens (including phenoxy) is 1. The lowest BCUT2D eigenvalue weighted by molar-refractivity contribution is 0.0600. The number of nitrogens with zero attached hydrogens (tertiary/aromatic N) is 1. The van der Waals surface area contributed by atoms with Crippen molar-refractivity contribution in [2.24, 2.45) is 0 Å². The van der Waals surface area contributed by atoms with Crippen LogP contribution in [0.1, 0.15) is 34.6 Å². The predicted molar refractivity (Wildman–Crippen MR) is 77.9 cm³/mol. The molecule has 1 amide bonds. The van der Waals surface area contributed by atoms with E-state index in [4.69, 9.17) is 0 Å². The number of benzene rings is 1. The zero-order valence-electron chi connectivity index (χ0n) is 12.3. The van der Waals surface area contributed by atoms with Crippen molar-refractivity contribution in [3.8, 4) is 0 Å². The van der Waals surface area contributed by atoms with Gasteiger partial charge in [0.1, 0.15) is 0 Å². The Bertz CT molecular complexity index is 439. The van der Waals surface area contributed by atoms with E-state index in [2.05, 4.69) is 28.8 Å². The molecule has 0 fully saturated rings. The van der Waals surface area contributed by atoms with E-state index in [0.717, 1.165) is 19.6 Å². The SMILES string of the molecule is CCN(CC)CCNC(=O)c1ccc(C(=O)OC)cc1. The van der Waals surface area contributed by atoms with Gasteiger partial charge in [-0.25, -0.2) is 4.79 Å². The second-order valence-corrected chi connectivity index (χ2v) is 4.35. The van der Waals surface area contributed by atoms with E-state index in [1.165, 1.54) is 7.11 Å². The van der Waals surface area contributed by atoms with Crippen molar-refractivity contribution < 1.29 is 14.3 Å². The number of carbonyl (C=O) groups excluding carboxylic acids is 2. The van der Waals surface area contributed by atoms with Gasteiger partial charge in [-0.15, -0.1) is 0 Å². The first kappa shape index (κ1) is 16.2. The molecule has 0 unspecified atom stereocenters. The van der Waals surface area contributed by atoms with Crippen LogP contribution in [0.15, 0.2) is 24.3 Å². The molecule has 5 nitrogen and oxygen atoms in total. The van der Waals surface area contributed by atoms with Crippen LogP contribution < -0.4 is 5.32 Å². The van der Waals surface area contributed by atoms with Crippen LogP contribution in [0, 0.1) is 0 Å². The summed E-state index contributed by atoms with van der Waals surface area (Å²) in [6.45, 7) is 7.58. The fourth-order valence-corrected chi connectivity index (χ4v) is 1.84. The van der Waals surface area contributed by atoms with E-state index < -0.39 is 5.97 Å². The minimum Gasteiger partial charge on any atom is -0.465 e. The molecule has 0 spiro atoms. The summed E-state index contributed by atoms with van der Waals surface area (Å²) >= 11 is 0.